The maximum absolute atomic E-state index is 13.7. The van der Waals surface area contributed by atoms with Gasteiger partial charge in [0.2, 0.25) is 0 Å². The van der Waals surface area contributed by atoms with Gasteiger partial charge in [0, 0.05) is 32.8 Å². The number of benzene rings is 2. The topological polar surface area (TPSA) is 64.1 Å². The molecule has 0 heterocycles. The molecule has 0 saturated carbocycles. The Kier molecular flexibility index (Phi) is 8.55. The average molecular weight is 389 g/mol. The molecule has 152 valence electrons. The van der Waals surface area contributed by atoms with Crippen LogP contribution in [0, 0.1) is 5.82 Å². The molecule has 0 bridgehead atoms. The van der Waals surface area contributed by atoms with Crippen molar-refractivity contribution in [3.05, 3.63) is 58.9 Å². The first-order chi connectivity index (χ1) is 13.6. The van der Waals surface area contributed by atoms with Crippen LogP contribution in [0.25, 0.3) is 0 Å². The van der Waals surface area contributed by atoms with Crippen molar-refractivity contribution in [1.29, 1.82) is 0 Å². The van der Waals surface area contributed by atoms with Gasteiger partial charge in [-0.05, 0) is 41.8 Å². The molecule has 2 N–H and O–H groups in total. The van der Waals surface area contributed by atoms with Gasteiger partial charge in [0.05, 0.1) is 20.8 Å². The summed E-state index contributed by atoms with van der Waals surface area (Å²) >= 11 is 0. The normalized spacial score (nSPS) is 11.2. The first-order valence-corrected chi connectivity index (χ1v) is 9.03. The molecule has 0 fully saturated rings. The minimum atomic E-state index is -0.261. The smallest absolute Gasteiger partial charge is 0.191 e. The predicted octanol–water partition coefficient (Wildman–Crippen LogP) is 2.90. The lowest BCUT2D eigenvalue weighted by atomic mass is 10.1. The number of aliphatic imine (C=N–C) groups is 1. The molecular weight excluding hydrogens is 361 g/mol. The van der Waals surface area contributed by atoms with Gasteiger partial charge >= 0.3 is 0 Å². The molecule has 0 amide bonds. The summed E-state index contributed by atoms with van der Waals surface area (Å²) in [6.45, 7) is 1.48. The second kappa shape index (κ2) is 11.1. The van der Waals surface area contributed by atoms with Crippen molar-refractivity contribution < 1.29 is 18.6 Å². The predicted molar refractivity (Wildman–Crippen MR) is 109 cm³/mol. The molecule has 0 aliphatic carbocycles. The van der Waals surface area contributed by atoms with Gasteiger partial charge in [-0.25, -0.2) is 4.39 Å². The highest BCUT2D eigenvalue weighted by Crippen LogP contribution is 2.27. The summed E-state index contributed by atoms with van der Waals surface area (Å²) in [6, 6.07) is 10.9. The highest BCUT2D eigenvalue weighted by molar-refractivity contribution is 5.79. The van der Waals surface area contributed by atoms with Gasteiger partial charge in [0.15, 0.2) is 17.5 Å². The van der Waals surface area contributed by atoms with E-state index in [0.29, 0.717) is 36.1 Å². The number of rotatable bonds is 9. The number of halogens is 1. The molecule has 7 heteroatoms. The number of hydrogen-bond acceptors (Lipinski definition) is 4. The Balaban J connectivity index is 1.86. The molecule has 28 heavy (non-hydrogen) atoms. The first kappa shape index (κ1) is 21.5. The molecule has 0 aromatic heterocycles. The summed E-state index contributed by atoms with van der Waals surface area (Å²) in [5.74, 6) is 1.84. The maximum Gasteiger partial charge on any atom is 0.191 e. The number of methoxy groups -OCH3 is 3. The quantitative estimate of drug-likeness (QED) is 0.510. The molecule has 2 aromatic carbocycles. The molecular formula is C21H28FN3O3. The summed E-state index contributed by atoms with van der Waals surface area (Å²) in [7, 11) is 6.51. The number of guanidine groups is 1. The van der Waals surface area contributed by atoms with Gasteiger partial charge < -0.3 is 24.8 Å². The van der Waals surface area contributed by atoms with E-state index in [4.69, 9.17) is 14.2 Å². The molecule has 0 saturated heterocycles. The molecule has 2 rings (SSSR count). The zero-order valence-electron chi connectivity index (χ0n) is 16.8. The minimum absolute atomic E-state index is 0.248. The van der Waals surface area contributed by atoms with Crippen LogP contribution >= 0.6 is 0 Å². The van der Waals surface area contributed by atoms with E-state index in [1.807, 2.05) is 18.2 Å². The SMILES string of the molecule is CN=C(NCCc1ccc(OC)c(OC)c1)NCc1ccc(F)c(COC)c1. The van der Waals surface area contributed by atoms with Crippen LogP contribution in [0.4, 0.5) is 4.39 Å². The van der Waals surface area contributed by atoms with Crippen molar-refractivity contribution in [3.63, 3.8) is 0 Å². The van der Waals surface area contributed by atoms with E-state index in [-0.39, 0.29) is 12.4 Å². The molecule has 0 aliphatic rings. The van der Waals surface area contributed by atoms with Crippen LogP contribution in [-0.4, -0.2) is 40.9 Å². The summed E-state index contributed by atoms with van der Waals surface area (Å²) in [5.41, 5.74) is 2.62. The highest BCUT2D eigenvalue weighted by Gasteiger charge is 2.06. The Morgan fingerprint density at radius 2 is 1.71 bits per heavy atom. The third kappa shape index (κ3) is 6.13. The Bertz CT molecular complexity index is 796. The van der Waals surface area contributed by atoms with E-state index in [9.17, 15) is 4.39 Å². The van der Waals surface area contributed by atoms with E-state index < -0.39 is 0 Å². The van der Waals surface area contributed by atoms with Crippen molar-refractivity contribution in [2.75, 3.05) is 34.9 Å². The van der Waals surface area contributed by atoms with Crippen LogP contribution in [0.15, 0.2) is 41.4 Å². The number of nitrogens with zero attached hydrogens (tertiary/aromatic N) is 1. The number of nitrogens with one attached hydrogen (secondary N) is 2. The Morgan fingerprint density at radius 1 is 0.964 bits per heavy atom. The van der Waals surface area contributed by atoms with E-state index in [1.54, 1.807) is 40.5 Å². The monoisotopic (exact) mass is 389 g/mol. The standard InChI is InChI=1S/C21H28FN3O3/c1-23-21(25-13-16-5-7-18(22)17(11-16)14-26-2)24-10-9-15-6-8-19(27-3)20(12-15)28-4/h5-8,11-12H,9-10,13-14H2,1-4H3,(H2,23,24,25). The Labute approximate surface area is 165 Å². The van der Waals surface area contributed by atoms with Crippen molar-refractivity contribution in [2.24, 2.45) is 4.99 Å². The van der Waals surface area contributed by atoms with Crippen LogP contribution in [0.2, 0.25) is 0 Å². The minimum Gasteiger partial charge on any atom is -0.493 e. The molecule has 0 spiro atoms. The van der Waals surface area contributed by atoms with E-state index in [1.165, 1.54) is 6.07 Å². The van der Waals surface area contributed by atoms with Crippen LogP contribution in [-0.2, 0) is 24.3 Å². The second-order valence-corrected chi connectivity index (χ2v) is 6.15. The third-order valence-corrected chi connectivity index (χ3v) is 4.25. The van der Waals surface area contributed by atoms with Gasteiger partial charge in [-0.15, -0.1) is 0 Å². The largest absolute Gasteiger partial charge is 0.493 e. The second-order valence-electron chi connectivity index (χ2n) is 6.15. The lowest BCUT2D eigenvalue weighted by molar-refractivity contribution is 0.181. The van der Waals surface area contributed by atoms with Crippen LogP contribution < -0.4 is 20.1 Å². The fraction of sp³-hybridized carbons (Fsp3) is 0.381. The summed E-state index contributed by atoms with van der Waals surface area (Å²) < 4.78 is 29.3. The van der Waals surface area contributed by atoms with Crippen molar-refractivity contribution in [3.8, 4) is 11.5 Å². The molecule has 6 nitrogen and oxygen atoms in total. The fourth-order valence-electron chi connectivity index (χ4n) is 2.77. The van der Waals surface area contributed by atoms with Crippen LogP contribution in [0.1, 0.15) is 16.7 Å². The van der Waals surface area contributed by atoms with Gasteiger partial charge in [-0.3, -0.25) is 4.99 Å². The summed E-state index contributed by atoms with van der Waals surface area (Å²) in [4.78, 5) is 4.22. The average Bonchev–Trinajstić information content (AvgIpc) is 2.72. The van der Waals surface area contributed by atoms with Crippen molar-refractivity contribution >= 4 is 5.96 Å². The van der Waals surface area contributed by atoms with Crippen LogP contribution in [0.5, 0.6) is 11.5 Å². The molecule has 2 aromatic rings. The Hall–Kier alpha value is -2.80. The summed E-state index contributed by atoms with van der Waals surface area (Å²) in [6.07, 6.45) is 0.801. The highest BCUT2D eigenvalue weighted by atomic mass is 19.1. The first-order valence-electron chi connectivity index (χ1n) is 9.03. The van der Waals surface area contributed by atoms with Crippen molar-refractivity contribution in [1.82, 2.24) is 10.6 Å². The fourth-order valence-corrected chi connectivity index (χ4v) is 2.77. The Morgan fingerprint density at radius 3 is 2.39 bits per heavy atom. The van der Waals surface area contributed by atoms with Crippen LogP contribution in [0.3, 0.4) is 0 Å². The van der Waals surface area contributed by atoms with E-state index >= 15 is 0 Å². The van der Waals surface area contributed by atoms with Gasteiger partial charge in [-0.1, -0.05) is 12.1 Å². The van der Waals surface area contributed by atoms with Gasteiger partial charge in [0.25, 0.3) is 0 Å². The summed E-state index contributed by atoms with van der Waals surface area (Å²) in [5, 5.41) is 6.51. The molecule has 0 unspecified atom stereocenters. The van der Waals surface area contributed by atoms with Gasteiger partial charge in [-0.2, -0.15) is 0 Å². The molecule has 0 aliphatic heterocycles. The van der Waals surface area contributed by atoms with E-state index in [2.05, 4.69) is 15.6 Å². The van der Waals surface area contributed by atoms with E-state index in [0.717, 1.165) is 17.5 Å². The van der Waals surface area contributed by atoms with Crippen molar-refractivity contribution in [2.45, 2.75) is 19.6 Å². The lowest BCUT2D eigenvalue weighted by Crippen LogP contribution is -2.37. The zero-order valence-corrected chi connectivity index (χ0v) is 16.8. The zero-order chi connectivity index (χ0) is 20.4. The maximum atomic E-state index is 13.7. The third-order valence-electron chi connectivity index (χ3n) is 4.25. The number of ether oxygens (including phenoxy) is 3. The molecule has 0 atom stereocenters. The lowest BCUT2D eigenvalue weighted by Gasteiger charge is -2.13. The van der Waals surface area contributed by atoms with Gasteiger partial charge in [0.1, 0.15) is 5.82 Å². The number of hydrogen-bond donors (Lipinski definition) is 2. The molecule has 0 radical (unpaired) electrons.